The fourth-order valence-electron chi connectivity index (χ4n) is 2.27. The summed E-state index contributed by atoms with van der Waals surface area (Å²) in [5.74, 6) is -0.378. The van der Waals surface area contributed by atoms with Gasteiger partial charge in [0.05, 0.1) is 18.3 Å². The van der Waals surface area contributed by atoms with E-state index in [1.807, 2.05) is 36.1 Å². The van der Waals surface area contributed by atoms with Crippen LogP contribution in [0.2, 0.25) is 0 Å². The molecule has 2 aromatic rings. The quantitative estimate of drug-likeness (QED) is 0.908. The summed E-state index contributed by atoms with van der Waals surface area (Å²) in [6, 6.07) is 10.6. The molecule has 1 heterocycles. The number of pyridine rings is 1. The van der Waals surface area contributed by atoms with Gasteiger partial charge in [-0.3, -0.25) is 4.98 Å². The van der Waals surface area contributed by atoms with Gasteiger partial charge in [-0.1, -0.05) is 12.1 Å². The lowest BCUT2D eigenvalue weighted by Gasteiger charge is -2.26. The van der Waals surface area contributed by atoms with Crippen molar-refractivity contribution < 1.29 is 9.50 Å². The molecule has 0 unspecified atom stereocenters. The zero-order valence-electron chi connectivity index (χ0n) is 11.8. The van der Waals surface area contributed by atoms with Crippen molar-refractivity contribution in [3.05, 3.63) is 59.7 Å². The van der Waals surface area contributed by atoms with Gasteiger partial charge in [0.2, 0.25) is 0 Å². The second-order valence-electron chi connectivity index (χ2n) is 4.68. The number of halogens is 1. The van der Waals surface area contributed by atoms with Crippen LogP contribution >= 0.6 is 0 Å². The van der Waals surface area contributed by atoms with E-state index < -0.39 is 6.10 Å². The minimum Gasteiger partial charge on any atom is -0.389 e. The van der Waals surface area contributed by atoms with E-state index in [-0.39, 0.29) is 5.82 Å². The maximum Gasteiger partial charge on any atom is 0.131 e. The van der Waals surface area contributed by atoms with Gasteiger partial charge < -0.3 is 10.0 Å². The number of nitrogens with zero attached hydrogens (tertiary/aromatic N) is 2. The highest BCUT2D eigenvalue weighted by molar-refractivity contribution is 5.55. The molecule has 1 N–H and O–H groups in total. The van der Waals surface area contributed by atoms with Crippen LogP contribution in [0.1, 0.15) is 31.2 Å². The molecule has 0 radical (unpaired) electrons. The van der Waals surface area contributed by atoms with Gasteiger partial charge in [0.15, 0.2) is 0 Å². The fraction of sp³-hybridized carbons (Fsp3) is 0.312. The lowest BCUT2D eigenvalue weighted by Crippen LogP contribution is -2.24. The molecule has 0 aliphatic carbocycles. The Balaban J connectivity index is 2.35. The Morgan fingerprint density at radius 2 is 2.05 bits per heavy atom. The average molecular weight is 274 g/mol. The van der Waals surface area contributed by atoms with Gasteiger partial charge in [-0.25, -0.2) is 4.39 Å². The first kappa shape index (κ1) is 14.5. The lowest BCUT2D eigenvalue weighted by atomic mass is 10.1. The fourth-order valence-corrected chi connectivity index (χ4v) is 2.27. The molecule has 0 aliphatic rings. The van der Waals surface area contributed by atoms with E-state index in [2.05, 4.69) is 4.98 Å². The summed E-state index contributed by atoms with van der Waals surface area (Å²) in [4.78, 5) is 6.30. The van der Waals surface area contributed by atoms with E-state index in [9.17, 15) is 9.50 Å². The Hall–Kier alpha value is -1.94. The summed E-state index contributed by atoms with van der Waals surface area (Å²) >= 11 is 0. The minimum atomic E-state index is -0.844. The topological polar surface area (TPSA) is 36.4 Å². The number of aromatic nitrogens is 1. The first-order valence-corrected chi connectivity index (χ1v) is 6.74. The summed E-state index contributed by atoms with van der Waals surface area (Å²) in [5.41, 5.74) is 1.97. The Morgan fingerprint density at radius 3 is 2.65 bits per heavy atom. The van der Waals surface area contributed by atoms with Crippen LogP contribution in [0.25, 0.3) is 0 Å². The Kier molecular flexibility index (Phi) is 4.69. The SMILES string of the molecule is CCN(Cc1ccccn1)c1cccc(F)c1[C@H](C)O. The number of anilines is 1. The van der Waals surface area contributed by atoms with Crippen LogP contribution in [0, 0.1) is 5.82 Å². The van der Waals surface area contributed by atoms with Crippen molar-refractivity contribution in [1.29, 1.82) is 0 Å². The largest absolute Gasteiger partial charge is 0.389 e. The van der Waals surface area contributed by atoms with Crippen molar-refractivity contribution >= 4 is 5.69 Å². The number of hydrogen-bond acceptors (Lipinski definition) is 3. The molecule has 3 nitrogen and oxygen atoms in total. The van der Waals surface area contributed by atoms with E-state index in [0.29, 0.717) is 24.3 Å². The van der Waals surface area contributed by atoms with Gasteiger partial charge >= 0.3 is 0 Å². The molecule has 0 amide bonds. The van der Waals surface area contributed by atoms with Gasteiger partial charge in [0, 0.05) is 24.0 Å². The monoisotopic (exact) mass is 274 g/mol. The van der Waals surface area contributed by atoms with Crippen LogP contribution in [-0.2, 0) is 6.54 Å². The number of hydrogen-bond donors (Lipinski definition) is 1. The molecule has 20 heavy (non-hydrogen) atoms. The van der Waals surface area contributed by atoms with Gasteiger partial charge in [-0.05, 0) is 38.1 Å². The van der Waals surface area contributed by atoms with Crippen molar-refractivity contribution in [3.8, 4) is 0 Å². The smallest absolute Gasteiger partial charge is 0.131 e. The average Bonchev–Trinajstić information content (AvgIpc) is 2.45. The second kappa shape index (κ2) is 6.48. The molecular formula is C16H19FN2O. The van der Waals surface area contributed by atoms with Crippen LogP contribution in [0.5, 0.6) is 0 Å². The Labute approximate surface area is 118 Å². The normalized spacial score (nSPS) is 12.2. The molecule has 0 fully saturated rings. The van der Waals surface area contributed by atoms with Crippen LogP contribution in [0.3, 0.4) is 0 Å². The van der Waals surface area contributed by atoms with Crippen molar-refractivity contribution in [3.63, 3.8) is 0 Å². The van der Waals surface area contributed by atoms with Crippen molar-refractivity contribution in [2.45, 2.75) is 26.5 Å². The molecule has 0 saturated carbocycles. The van der Waals surface area contributed by atoms with Crippen molar-refractivity contribution in [1.82, 2.24) is 4.98 Å². The lowest BCUT2D eigenvalue weighted by molar-refractivity contribution is 0.194. The molecular weight excluding hydrogens is 255 g/mol. The van der Waals surface area contributed by atoms with E-state index in [4.69, 9.17) is 0 Å². The highest BCUT2D eigenvalue weighted by Gasteiger charge is 2.17. The third-order valence-electron chi connectivity index (χ3n) is 3.25. The number of aliphatic hydroxyl groups is 1. The third kappa shape index (κ3) is 3.14. The molecule has 1 aromatic heterocycles. The minimum absolute atomic E-state index is 0.338. The summed E-state index contributed by atoms with van der Waals surface area (Å²) in [5, 5.41) is 9.81. The van der Waals surface area contributed by atoms with Crippen molar-refractivity contribution in [2.75, 3.05) is 11.4 Å². The van der Waals surface area contributed by atoms with Crippen LogP contribution in [0.15, 0.2) is 42.6 Å². The van der Waals surface area contributed by atoms with Crippen LogP contribution in [-0.4, -0.2) is 16.6 Å². The third-order valence-corrected chi connectivity index (χ3v) is 3.25. The molecule has 2 rings (SSSR count). The molecule has 4 heteroatoms. The number of rotatable bonds is 5. The summed E-state index contributed by atoms with van der Waals surface area (Å²) < 4.78 is 13.9. The number of aliphatic hydroxyl groups excluding tert-OH is 1. The standard InChI is InChI=1S/C16H19FN2O/c1-3-19(11-13-7-4-5-10-18-13)15-9-6-8-14(17)16(15)12(2)20/h4-10,12,20H,3,11H2,1-2H3/t12-/m0/s1. The Bertz CT molecular complexity index is 558. The van der Waals surface area contributed by atoms with Crippen LogP contribution < -0.4 is 4.90 Å². The number of benzene rings is 1. The van der Waals surface area contributed by atoms with E-state index in [1.54, 1.807) is 19.2 Å². The zero-order chi connectivity index (χ0) is 14.5. The van der Waals surface area contributed by atoms with Gasteiger partial charge in [-0.15, -0.1) is 0 Å². The molecule has 0 saturated heterocycles. The van der Waals surface area contributed by atoms with E-state index >= 15 is 0 Å². The predicted molar refractivity (Wildman–Crippen MR) is 78.0 cm³/mol. The van der Waals surface area contributed by atoms with E-state index in [1.165, 1.54) is 6.07 Å². The molecule has 106 valence electrons. The zero-order valence-corrected chi connectivity index (χ0v) is 11.8. The molecule has 0 spiro atoms. The molecule has 1 atom stereocenters. The first-order valence-electron chi connectivity index (χ1n) is 6.74. The van der Waals surface area contributed by atoms with Gasteiger partial charge in [-0.2, -0.15) is 0 Å². The molecule has 0 bridgehead atoms. The first-order chi connectivity index (χ1) is 9.63. The highest BCUT2D eigenvalue weighted by atomic mass is 19.1. The van der Waals surface area contributed by atoms with Crippen LogP contribution in [0.4, 0.5) is 10.1 Å². The van der Waals surface area contributed by atoms with Gasteiger partial charge in [0.25, 0.3) is 0 Å². The maximum atomic E-state index is 13.9. The Morgan fingerprint density at radius 1 is 1.25 bits per heavy atom. The van der Waals surface area contributed by atoms with Gasteiger partial charge in [0.1, 0.15) is 5.82 Å². The highest BCUT2D eigenvalue weighted by Crippen LogP contribution is 2.29. The second-order valence-corrected chi connectivity index (χ2v) is 4.68. The molecule has 1 aromatic carbocycles. The summed E-state index contributed by atoms with van der Waals surface area (Å²) in [6.07, 6.45) is 0.897. The maximum absolute atomic E-state index is 13.9. The van der Waals surface area contributed by atoms with Crippen molar-refractivity contribution in [2.24, 2.45) is 0 Å². The summed E-state index contributed by atoms with van der Waals surface area (Å²) in [6.45, 7) is 4.87. The predicted octanol–water partition coefficient (Wildman–Crippen LogP) is 3.30. The molecule has 0 aliphatic heterocycles. The van der Waals surface area contributed by atoms with E-state index in [0.717, 1.165) is 5.69 Å². The summed E-state index contributed by atoms with van der Waals surface area (Å²) in [7, 11) is 0.